The Bertz CT molecular complexity index is 312. The fraction of sp³-hybridized carbons (Fsp3) is 0.333. The molecule has 76 valence electrons. The second-order valence-electron chi connectivity index (χ2n) is 3.63. The average Bonchev–Trinajstić information content (AvgIpc) is 2.18. The van der Waals surface area contributed by atoms with Gasteiger partial charge in [0.25, 0.3) is 0 Å². The molecule has 0 aliphatic heterocycles. The van der Waals surface area contributed by atoms with Crippen LogP contribution in [-0.4, -0.2) is 5.67 Å². The van der Waals surface area contributed by atoms with E-state index in [1.807, 2.05) is 0 Å². The first kappa shape index (κ1) is 10.9. The van der Waals surface area contributed by atoms with Crippen molar-refractivity contribution in [1.29, 1.82) is 0 Å². The summed E-state index contributed by atoms with van der Waals surface area (Å²) in [6.07, 6.45) is 1.28. The maximum atomic E-state index is 13.8. The van der Waals surface area contributed by atoms with Crippen LogP contribution in [0.2, 0.25) is 0 Å². The van der Waals surface area contributed by atoms with Crippen LogP contribution >= 0.6 is 0 Å². The van der Waals surface area contributed by atoms with Crippen LogP contribution in [0.4, 0.5) is 8.78 Å². The van der Waals surface area contributed by atoms with Crippen LogP contribution < -0.4 is 0 Å². The van der Waals surface area contributed by atoms with Gasteiger partial charge in [0.2, 0.25) is 0 Å². The number of hydrogen-bond donors (Lipinski definition) is 0. The molecule has 2 heteroatoms. The summed E-state index contributed by atoms with van der Waals surface area (Å²) >= 11 is 0. The summed E-state index contributed by atoms with van der Waals surface area (Å²) in [5.74, 6) is -0.624. The second kappa shape index (κ2) is 3.91. The Labute approximate surface area is 83.3 Å². The molecule has 2 atom stereocenters. The molecule has 0 saturated carbocycles. The molecular weight excluding hydrogens is 182 g/mol. The van der Waals surface area contributed by atoms with Crippen molar-refractivity contribution in [3.8, 4) is 0 Å². The first-order valence-electron chi connectivity index (χ1n) is 4.55. The quantitative estimate of drug-likeness (QED) is 0.644. The molecule has 0 saturated heterocycles. The molecule has 0 aliphatic rings. The maximum absolute atomic E-state index is 13.8. The van der Waals surface area contributed by atoms with Gasteiger partial charge in [0.15, 0.2) is 0 Å². The number of halogens is 2. The monoisotopic (exact) mass is 196 g/mol. The molecule has 14 heavy (non-hydrogen) atoms. The average molecular weight is 196 g/mol. The molecule has 0 nitrogen and oxygen atoms in total. The minimum absolute atomic E-state index is 0.305. The third kappa shape index (κ3) is 2.19. The lowest BCUT2D eigenvalue weighted by molar-refractivity contribution is 0.218. The van der Waals surface area contributed by atoms with Gasteiger partial charge in [-0.1, -0.05) is 31.7 Å². The molecule has 0 N–H and O–H groups in total. The van der Waals surface area contributed by atoms with Crippen molar-refractivity contribution in [3.63, 3.8) is 0 Å². The van der Waals surface area contributed by atoms with Crippen molar-refractivity contribution in [2.45, 2.75) is 25.4 Å². The van der Waals surface area contributed by atoms with Crippen LogP contribution in [-0.2, 0) is 0 Å². The normalized spacial score (nSPS) is 17.1. The first-order chi connectivity index (χ1) is 6.47. The fourth-order valence-electron chi connectivity index (χ4n) is 1.25. The van der Waals surface area contributed by atoms with Crippen molar-refractivity contribution >= 4 is 0 Å². The van der Waals surface area contributed by atoms with E-state index in [0.29, 0.717) is 0 Å². The molecule has 1 rings (SSSR count). The van der Waals surface area contributed by atoms with E-state index in [4.69, 9.17) is 0 Å². The van der Waals surface area contributed by atoms with E-state index in [9.17, 15) is 8.78 Å². The zero-order valence-electron chi connectivity index (χ0n) is 8.43. The number of benzene rings is 1. The lowest BCUT2D eigenvalue weighted by atomic mass is 9.86. The smallest absolute Gasteiger partial charge is 0.132 e. The van der Waals surface area contributed by atoms with Crippen molar-refractivity contribution in [1.82, 2.24) is 0 Å². The van der Waals surface area contributed by atoms with Gasteiger partial charge < -0.3 is 0 Å². The van der Waals surface area contributed by atoms with Gasteiger partial charge in [0.1, 0.15) is 11.5 Å². The molecular formula is C12H14F2. The summed E-state index contributed by atoms with van der Waals surface area (Å²) in [5.41, 5.74) is -0.686. The molecule has 0 aromatic heterocycles. The summed E-state index contributed by atoms with van der Waals surface area (Å²) in [6.45, 7) is 6.67. The molecule has 0 bridgehead atoms. The highest BCUT2D eigenvalue weighted by Crippen LogP contribution is 2.31. The zero-order chi connectivity index (χ0) is 10.8. The Morgan fingerprint density at radius 3 is 2.29 bits per heavy atom. The van der Waals surface area contributed by atoms with Crippen LogP contribution in [0, 0.1) is 5.82 Å². The van der Waals surface area contributed by atoms with Crippen molar-refractivity contribution in [2.24, 2.45) is 0 Å². The predicted molar refractivity (Wildman–Crippen MR) is 54.5 cm³/mol. The highest BCUT2D eigenvalue weighted by atomic mass is 19.1. The second-order valence-corrected chi connectivity index (χ2v) is 3.63. The largest absolute Gasteiger partial charge is 0.239 e. The van der Waals surface area contributed by atoms with Crippen molar-refractivity contribution in [3.05, 3.63) is 48.3 Å². The Morgan fingerprint density at radius 1 is 1.36 bits per heavy atom. The summed E-state index contributed by atoms with van der Waals surface area (Å²) in [5, 5.41) is 0. The van der Waals surface area contributed by atoms with Gasteiger partial charge in [-0.3, -0.25) is 0 Å². The van der Waals surface area contributed by atoms with Gasteiger partial charge in [-0.15, -0.1) is 0 Å². The molecule has 0 radical (unpaired) electrons. The fourth-order valence-corrected chi connectivity index (χ4v) is 1.25. The van der Waals surface area contributed by atoms with Crippen molar-refractivity contribution < 1.29 is 8.78 Å². The minimum Gasteiger partial charge on any atom is -0.239 e. The van der Waals surface area contributed by atoms with Gasteiger partial charge in [0.05, 0.1) is 0 Å². The van der Waals surface area contributed by atoms with E-state index < -0.39 is 5.67 Å². The van der Waals surface area contributed by atoms with E-state index in [1.165, 1.54) is 25.1 Å². The van der Waals surface area contributed by atoms with E-state index in [0.717, 1.165) is 5.56 Å². The molecule has 0 heterocycles. The SMILES string of the molecule is C=CC(C)(F)C(C)c1ccc(F)cc1. The van der Waals surface area contributed by atoms with Gasteiger partial charge >= 0.3 is 0 Å². The summed E-state index contributed by atoms with van der Waals surface area (Å²) < 4.78 is 26.4. The number of allylic oxidation sites excluding steroid dienone is 1. The van der Waals surface area contributed by atoms with E-state index in [1.54, 1.807) is 19.1 Å². The van der Waals surface area contributed by atoms with Crippen LogP contribution in [0.25, 0.3) is 0 Å². The van der Waals surface area contributed by atoms with Crippen LogP contribution in [0.15, 0.2) is 36.9 Å². The third-order valence-electron chi connectivity index (χ3n) is 2.62. The van der Waals surface area contributed by atoms with Crippen LogP contribution in [0.1, 0.15) is 25.3 Å². The zero-order valence-corrected chi connectivity index (χ0v) is 8.43. The minimum atomic E-state index is -1.46. The molecule has 0 amide bonds. The molecule has 0 spiro atoms. The predicted octanol–water partition coefficient (Wildman–Crippen LogP) is 3.84. The Hall–Kier alpha value is -1.18. The summed E-state index contributed by atoms with van der Waals surface area (Å²) in [7, 11) is 0. The van der Waals surface area contributed by atoms with Gasteiger partial charge in [-0.05, 0) is 24.6 Å². The molecule has 0 fully saturated rings. The number of hydrogen-bond acceptors (Lipinski definition) is 0. The lowest BCUT2D eigenvalue weighted by Gasteiger charge is -2.24. The topological polar surface area (TPSA) is 0 Å². The maximum Gasteiger partial charge on any atom is 0.132 e. The van der Waals surface area contributed by atoms with Crippen LogP contribution in [0.3, 0.4) is 0 Å². The Morgan fingerprint density at radius 2 is 1.86 bits per heavy atom. The summed E-state index contributed by atoms with van der Waals surface area (Å²) in [4.78, 5) is 0. The lowest BCUT2D eigenvalue weighted by Crippen LogP contribution is -2.22. The third-order valence-corrected chi connectivity index (χ3v) is 2.62. The molecule has 0 aliphatic carbocycles. The highest BCUT2D eigenvalue weighted by molar-refractivity contribution is 5.24. The molecule has 1 aromatic carbocycles. The van der Waals surface area contributed by atoms with Crippen molar-refractivity contribution in [2.75, 3.05) is 0 Å². The van der Waals surface area contributed by atoms with Gasteiger partial charge in [0, 0.05) is 5.92 Å². The molecule has 2 unspecified atom stereocenters. The van der Waals surface area contributed by atoms with Gasteiger partial charge in [-0.2, -0.15) is 0 Å². The number of rotatable bonds is 3. The van der Waals surface area contributed by atoms with E-state index >= 15 is 0 Å². The van der Waals surface area contributed by atoms with Crippen LogP contribution in [0.5, 0.6) is 0 Å². The Kier molecular flexibility index (Phi) is 3.04. The standard InChI is InChI=1S/C12H14F2/c1-4-12(3,14)9(2)10-5-7-11(13)8-6-10/h4-9H,1H2,2-3H3. The Balaban J connectivity index is 2.95. The first-order valence-corrected chi connectivity index (χ1v) is 4.55. The van der Waals surface area contributed by atoms with E-state index in [-0.39, 0.29) is 11.7 Å². The molecule has 1 aromatic rings. The van der Waals surface area contributed by atoms with E-state index in [2.05, 4.69) is 6.58 Å². The summed E-state index contributed by atoms with van der Waals surface area (Å²) in [6, 6.07) is 5.87. The highest BCUT2D eigenvalue weighted by Gasteiger charge is 2.28. The number of alkyl halides is 1. The van der Waals surface area contributed by atoms with Gasteiger partial charge in [-0.25, -0.2) is 8.78 Å².